The van der Waals surface area contributed by atoms with Crippen LogP contribution in [0.2, 0.25) is 0 Å². The highest BCUT2D eigenvalue weighted by molar-refractivity contribution is 5.94. The Bertz CT molecular complexity index is 685. The van der Waals surface area contributed by atoms with Crippen molar-refractivity contribution in [2.24, 2.45) is 0 Å². The number of rotatable bonds is 4. The van der Waals surface area contributed by atoms with Crippen LogP contribution in [-0.2, 0) is 0 Å². The summed E-state index contributed by atoms with van der Waals surface area (Å²) in [7, 11) is 1.53. The van der Waals surface area contributed by atoms with Crippen molar-refractivity contribution in [3.63, 3.8) is 0 Å². The first kappa shape index (κ1) is 14.2. The van der Waals surface area contributed by atoms with Crippen LogP contribution in [0.1, 0.15) is 28.9 Å². The Morgan fingerprint density at radius 2 is 2.09 bits per heavy atom. The van der Waals surface area contributed by atoms with Gasteiger partial charge in [0.05, 0.1) is 18.7 Å². The van der Waals surface area contributed by atoms with E-state index in [1.807, 2.05) is 25.1 Å². The molecule has 0 radical (unpaired) electrons. The Labute approximate surface area is 128 Å². The van der Waals surface area contributed by atoms with Crippen molar-refractivity contribution in [3.8, 4) is 17.4 Å². The second-order valence-corrected chi connectivity index (χ2v) is 4.90. The fraction of sp³-hybridized carbons (Fsp3) is 0.250. The van der Waals surface area contributed by atoms with E-state index in [0.717, 1.165) is 11.3 Å². The van der Waals surface area contributed by atoms with Gasteiger partial charge in [0.1, 0.15) is 0 Å². The summed E-state index contributed by atoms with van der Waals surface area (Å²) in [6.45, 7) is 2.14. The van der Waals surface area contributed by atoms with Crippen LogP contribution in [0.5, 0.6) is 17.4 Å². The number of benzene rings is 1. The molecule has 0 spiro atoms. The molecule has 6 heteroatoms. The molecule has 2 aromatic rings. The van der Waals surface area contributed by atoms with Gasteiger partial charge in [0, 0.05) is 12.3 Å². The Kier molecular flexibility index (Phi) is 3.82. The van der Waals surface area contributed by atoms with Gasteiger partial charge in [-0.15, -0.1) is 0 Å². The average Bonchev–Trinajstić information content (AvgIpc) is 3.02. The number of fused-ring (bicyclic) bond motifs is 1. The first-order valence-corrected chi connectivity index (χ1v) is 6.88. The Balaban J connectivity index is 1.70. The van der Waals surface area contributed by atoms with Crippen LogP contribution in [0, 0.1) is 0 Å². The van der Waals surface area contributed by atoms with E-state index in [9.17, 15) is 4.79 Å². The molecule has 22 heavy (non-hydrogen) atoms. The highest BCUT2D eigenvalue weighted by Crippen LogP contribution is 2.34. The lowest BCUT2D eigenvalue weighted by Gasteiger charge is -2.15. The summed E-state index contributed by atoms with van der Waals surface area (Å²) < 4.78 is 15.6. The van der Waals surface area contributed by atoms with Crippen LogP contribution in [0.25, 0.3) is 0 Å². The quantitative estimate of drug-likeness (QED) is 0.938. The number of amides is 1. The third kappa shape index (κ3) is 2.81. The molecule has 1 amide bonds. The number of aromatic nitrogens is 1. The molecular weight excluding hydrogens is 284 g/mol. The Hall–Kier alpha value is -2.76. The summed E-state index contributed by atoms with van der Waals surface area (Å²) in [5.41, 5.74) is 1.42. The zero-order chi connectivity index (χ0) is 15.5. The second kappa shape index (κ2) is 5.93. The summed E-state index contributed by atoms with van der Waals surface area (Å²) in [5.74, 6) is 1.70. The first-order chi connectivity index (χ1) is 10.7. The minimum atomic E-state index is -0.194. The van der Waals surface area contributed by atoms with E-state index >= 15 is 0 Å². The van der Waals surface area contributed by atoms with Crippen LogP contribution in [0.15, 0.2) is 36.5 Å². The molecule has 0 unspecified atom stereocenters. The molecule has 0 saturated heterocycles. The first-order valence-electron chi connectivity index (χ1n) is 6.88. The van der Waals surface area contributed by atoms with Crippen molar-refractivity contribution in [1.82, 2.24) is 10.3 Å². The maximum absolute atomic E-state index is 12.2. The SMILES string of the molecule is COc1ccc(C(=O)N[C@H](C)c2ccc3c(c2)OCO3)cn1. The summed E-state index contributed by atoms with van der Waals surface area (Å²) in [6.07, 6.45) is 1.49. The van der Waals surface area contributed by atoms with Crippen LogP contribution < -0.4 is 19.5 Å². The maximum atomic E-state index is 12.2. The van der Waals surface area contributed by atoms with E-state index < -0.39 is 0 Å². The van der Waals surface area contributed by atoms with Crippen molar-refractivity contribution in [3.05, 3.63) is 47.7 Å². The molecule has 6 nitrogen and oxygen atoms in total. The van der Waals surface area contributed by atoms with Crippen molar-refractivity contribution in [2.45, 2.75) is 13.0 Å². The number of pyridine rings is 1. The van der Waals surface area contributed by atoms with Crippen LogP contribution in [0.4, 0.5) is 0 Å². The summed E-state index contributed by atoms with van der Waals surface area (Å²) in [6, 6.07) is 8.79. The van der Waals surface area contributed by atoms with Crippen molar-refractivity contribution >= 4 is 5.91 Å². The molecule has 1 aliphatic rings. The number of hydrogen-bond donors (Lipinski definition) is 1. The molecule has 1 aromatic heterocycles. The molecule has 1 N–H and O–H groups in total. The monoisotopic (exact) mass is 300 g/mol. The van der Waals surface area contributed by atoms with Crippen molar-refractivity contribution in [2.75, 3.05) is 13.9 Å². The molecule has 2 heterocycles. The van der Waals surface area contributed by atoms with Crippen molar-refractivity contribution < 1.29 is 19.0 Å². The summed E-state index contributed by atoms with van der Waals surface area (Å²) in [4.78, 5) is 16.2. The number of hydrogen-bond acceptors (Lipinski definition) is 5. The van der Waals surface area contributed by atoms with E-state index in [4.69, 9.17) is 14.2 Å². The number of methoxy groups -OCH3 is 1. The molecule has 1 atom stereocenters. The lowest BCUT2D eigenvalue weighted by molar-refractivity contribution is 0.0939. The fourth-order valence-electron chi connectivity index (χ4n) is 2.18. The lowest BCUT2D eigenvalue weighted by Crippen LogP contribution is -2.26. The number of carbonyl (C=O) groups is 1. The zero-order valence-electron chi connectivity index (χ0n) is 12.3. The fourth-order valence-corrected chi connectivity index (χ4v) is 2.18. The number of ether oxygens (including phenoxy) is 3. The number of carbonyl (C=O) groups excluding carboxylic acids is 1. The van der Waals surface area contributed by atoms with Gasteiger partial charge in [0.15, 0.2) is 11.5 Å². The van der Waals surface area contributed by atoms with Gasteiger partial charge >= 0.3 is 0 Å². The smallest absolute Gasteiger partial charge is 0.253 e. The van der Waals surface area contributed by atoms with Gasteiger partial charge in [-0.05, 0) is 30.7 Å². The average molecular weight is 300 g/mol. The van der Waals surface area contributed by atoms with Gasteiger partial charge in [-0.2, -0.15) is 0 Å². The lowest BCUT2D eigenvalue weighted by atomic mass is 10.1. The second-order valence-electron chi connectivity index (χ2n) is 4.90. The molecule has 3 rings (SSSR count). The van der Waals surface area contributed by atoms with Gasteiger partial charge in [-0.1, -0.05) is 6.07 Å². The standard InChI is InChI=1S/C16H16N2O4/c1-10(11-3-5-13-14(7-11)22-9-21-13)18-16(19)12-4-6-15(20-2)17-8-12/h3-8,10H,9H2,1-2H3,(H,18,19)/t10-/m1/s1. The van der Waals surface area contributed by atoms with E-state index in [1.54, 1.807) is 12.1 Å². The normalized spacial score (nSPS) is 13.5. The number of nitrogens with zero attached hydrogens (tertiary/aromatic N) is 1. The van der Waals surface area contributed by atoms with Gasteiger partial charge in [0.2, 0.25) is 12.7 Å². The highest BCUT2D eigenvalue weighted by atomic mass is 16.7. The van der Waals surface area contributed by atoms with E-state index in [2.05, 4.69) is 10.3 Å². The van der Waals surface area contributed by atoms with E-state index in [0.29, 0.717) is 17.2 Å². The number of nitrogens with one attached hydrogen (secondary N) is 1. The summed E-state index contributed by atoms with van der Waals surface area (Å²) >= 11 is 0. The predicted octanol–water partition coefficient (Wildman–Crippen LogP) is 2.31. The van der Waals surface area contributed by atoms with E-state index in [1.165, 1.54) is 13.3 Å². The third-order valence-electron chi connectivity index (χ3n) is 3.45. The van der Waals surface area contributed by atoms with Crippen LogP contribution in [-0.4, -0.2) is 24.8 Å². The van der Waals surface area contributed by atoms with Gasteiger partial charge in [-0.25, -0.2) is 4.98 Å². The molecule has 114 valence electrons. The molecular formula is C16H16N2O4. The molecule has 1 aromatic carbocycles. The van der Waals surface area contributed by atoms with Crippen molar-refractivity contribution in [1.29, 1.82) is 0 Å². The largest absolute Gasteiger partial charge is 0.481 e. The van der Waals surface area contributed by atoms with Gasteiger partial charge in [0.25, 0.3) is 5.91 Å². The maximum Gasteiger partial charge on any atom is 0.253 e. The molecule has 0 saturated carbocycles. The molecule has 0 fully saturated rings. The molecule has 1 aliphatic heterocycles. The van der Waals surface area contributed by atoms with Gasteiger partial charge in [-0.3, -0.25) is 4.79 Å². The Morgan fingerprint density at radius 1 is 1.27 bits per heavy atom. The topological polar surface area (TPSA) is 69.7 Å². The summed E-state index contributed by atoms with van der Waals surface area (Å²) in [5, 5.41) is 2.92. The molecule has 0 bridgehead atoms. The highest BCUT2D eigenvalue weighted by Gasteiger charge is 2.17. The van der Waals surface area contributed by atoms with Crippen LogP contribution >= 0.6 is 0 Å². The van der Waals surface area contributed by atoms with Crippen LogP contribution in [0.3, 0.4) is 0 Å². The van der Waals surface area contributed by atoms with E-state index in [-0.39, 0.29) is 18.7 Å². The molecule has 0 aliphatic carbocycles. The minimum Gasteiger partial charge on any atom is -0.481 e. The Morgan fingerprint density at radius 3 is 2.82 bits per heavy atom. The van der Waals surface area contributed by atoms with Gasteiger partial charge < -0.3 is 19.5 Å². The minimum absolute atomic E-state index is 0.163. The zero-order valence-corrected chi connectivity index (χ0v) is 12.3. The predicted molar refractivity (Wildman–Crippen MR) is 79.2 cm³/mol. The third-order valence-corrected chi connectivity index (χ3v) is 3.45.